The molecule has 0 radical (unpaired) electrons. The Morgan fingerprint density at radius 2 is 1.67 bits per heavy atom. The van der Waals surface area contributed by atoms with Crippen LogP contribution in [0, 0.1) is 0 Å². The number of rotatable bonds is 2. The van der Waals surface area contributed by atoms with Gasteiger partial charge in [-0.25, -0.2) is 0 Å². The molecular weight excluding hydrogens is 238 g/mol. The minimum Gasteiger partial charge on any atom is -0.373 e. The molecule has 0 saturated heterocycles. The Morgan fingerprint density at radius 3 is 2.17 bits per heavy atom. The van der Waals surface area contributed by atoms with E-state index in [-0.39, 0.29) is 5.41 Å². The van der Waals surface area contributed by atoms with Gasteiger partial charge in [0.2, 0.25) is 0 Å². The third-order valence-corrected chi connectivity index (χ3v) is 4.06. The Labute approximate surface area is 116 Å². The number of thiocarbonyl (C=S) groups is 1. The molecule has 0 bridgehead atoms. The maximum absolute atomic E-state index is 5.48. The molecule has 1 aromatic rings. The highest BCUT2D eigenvalue weighted by Crippen LogP contribution is 2.23. The fourth-order valence-electron chi connectivity index (χ4n) is 2.46. The molecule has 1 fully saturated rings. The first kappa shape index (κ1) is 13.5. The van der Waals surface area contributed by atoms with Crippen molar-refractivity contribution >= 4 is 17.2 Å². The smallest absolute Gasteiger partial charge is 0.106 e. The Kier molecular flexibility index (Phi) is 4.06. The zero-order valence-electron chi connectivity index (χ0n) is 11.6. The van der Waals surface area contributed by atoms with Crippen LogP contribution >= 0.6 is 12.2 Å². The summed E-state index contributed by atoms with van der Waals surface area (Å²) >= 11 is 5.48. The van der Waals surface area contributed by atoms with Gasteiger partial charge < -0.3 is 5.32 Å². The van der Waals surface area contributed by atoms with E-state index in [1.165, 1.54) is 31.2 Å². The molecule has 1 aromatic carbocycles. The molecule has 0 atom stereocenters. The van der Waals surface area contributed by atoms with E-state index in [9.17, 15) is 0 Å². The first-order valence-electron chi connectivity index (χ1n) is 6.88. The fourth-order valence-corrected chi connectivity index (χ4v) is 2.76. The van der Waals surface area contributed by atoms with Crippen LogP contribution in [-0.2, 0) is 5.41 Å². The van der Waals surface area contributed by atoms with E-state index in [1.54, 1.807) is 0 Å². The molecule has 2 rings (SSSR count). The number of hydrogen-bond acceptors (Lipinski definition) is 1. The van der Waals surface area contributed by atoms with Crippen LogP contribution in [0.25, 0.3) is 0 Å². The normalized spacial score (nSPS) is 16.8. The number of benzene rings is 1. The summed E-state index contributed by atoms with van der Waals surface area (Å²) in [4.78, 5) is 0.905. The second-order valence-corrected chi connectivity index (χ2v) is 6.69. The van der Waals surface area contributed by atoms with Crippen LogP contribution in [0.5, 0.6) is 0 Å². The van der Waals surface area contributed by atoms with E-state index in [0.29, 0.717) is 6.04 Å². The lowest BCUT2D eigenvalue weighted by Crippen LogP contribution is -2.31. The Balaban J connectivity index is 2.02. The molecule has 1 saturated carbocycles. The van der Waals surface area contributed by atoms with Crippen LogP contribution < -0.4 is 5.32 Å². The SMILES string of the molecule is CC(C)(C)c1ccc(C(=S)NC2CCCC2)cc1. The lowest BCUT2D eigenvalue weighted by atomic mass is 9.87. The van der Waals surface area contributed by atoms with Gasteiger partial charge in [0.25, 0.3) is 0 Å². The van der Waals surface area contributed by atoms with Crippen LogP contribution in [0.4, 0.5) is 0 Å². The van der Waals surface area contributed by atoms with E-state index in [1.807, 2.05) is 0 Å². The van der Waals surface area contributed by atoms with Crippen LogP contribution in [0.3, 0.4) is 0 Å². The van der Waals surface area contributed by atoms with E-state index >= 15 is 0 Å². The summed E-state index contributed by atoms with van der Waals surface area (Å²) in [6, 6.07) is 9.27. The highest BCUT2D eigenvalue weighted by Gasteiger charge is 2.17. The van der Waals surface area contributed by atoms with Gasteiger partial charge in [-0.1, -0.05) is 70.1 Å². The number of hydrogen-bond donors (Lipinski definition) is 1. The minimum atomic E-state index is 0.207. The van der Waals surface area contributed by atoms with Gasteiger partial charge in [0, 0.05) is 11.6 Å². The molecule has 0 aromatic heterocycles. The van der Waals surface area contributed by atoms with Crippen molar-refractivity contribution < 1.29 is 0 Å². The van der Waals surface area contributed by atoms with Gasteiger partial charge in [0.15, 0.2) is 0 Å². The van der Waals surface area contributed by atoms with E-state index in [4.69, 9.17) is 12.2 Å². The zero-order valence-corrected chi connectivity index (χ0v) is 12.4. The second-order valence-electron chi connectivity index (χ2n) is 6.28. The van der Waals surface area contributed by atoms with Crippen molar-refractivity contribution in [1.82, 2.24) is 5.32 Å². The quantitative estimate of drug-likeness (QED) is 0.801. The summed E-state index contributed by atoms with van der Waals surface area (Å²) in [6.45, 7) is 6.70. The summed E-state index contributed by atoms with van der Waals surface area (Å²) in [6.07, 6.45) is 5.20. The Bertz CT molecular complexity index is 408. The molecule has 0 unspecified atom stereocenters. The standard InChI is InChI=1S/C16H23NS/c1-16(2,3)13-10-8-12(9-11-13)15(18)17-14-6-4-5-7-14/h8-11,14H,4-7H2,1-3H3,(H,17,18). The van der Waals surface area contributed by atoms with E-state index in [2.05, 4.69) is 50.4 Å². The fraction of sp³-hybridized carbons (Fsp3) is 0.562. The third-order valence-electron chi connectivity index (χ3n) is 3.70. The van der Waals surface area contributed by atoms with Crippen LogP contribution in [0.15, 0.2) is 24.3 Å². The van der Waals surface area contributed by atoms with Gasteiger partial charge in [0.1, 0.15) is 4.99 Å². The Morgan fingerprint density at radius 1 is 1.11 bits per heavy atom. The lowest BCUT2D eigenvalue weighted by molar-refractivity contribution is 0.590. The van der Waals surface area contributed by atoms with Crippen LogP contribution in [0.1, 0.15) is 57.6 Å². The summed E-state index contributed by atoms with van der Waals surface area (Å²) in [7, 11) is 0. The lowest BCUT2D eigenvalue weighted by Gasteiger charge is -2.20. The van der Waals surface area contributed by atoms with Crippen molar-refractivity contribution in [2.75, 3.05) is 0 Å². The second kappa shape index (κ2) is 5.40. The highest BCUT2D eigenvalue weighted by atomic mass is 32.1. The largest absolute Gasteiger partial charge is 0.373 e. The number of nitrogens with one attached hydrogen (secondary N) is 1. The molecule has 2 heteroatoms. The van der Waals surface area contributed by atoms with Crippen molar-refractivity contribution in [2.24, 2.45) is 0 Å². The van der Waals surface area contributed by atoms with Crippen molar-refractivity contribution in [3.05, 3.63) is 35.4 Å². The van der Waals surface area contributed by atoms with E-state index < -0.39 is 0 Å². The molecule has 1 aliphatic carbocycles. The van der Waals surface area contributed by atoms with Gasteiger partial charge in [-0.3, -0.25) is 0 Å². The highest BCUT2D eigenvalue weighted by molar-refractivity contribution is 7.80. The minimum absolute atomic E-state index is 0.207. The third kappa shape index (κ3) is 3.32. The molecule has 0 spiro atoms. The Hall–Kier alpha value is -0.890. The monoisotopic (exact) mass is 261 g/mol. The molecule has 98 valence electrons. The molecule has 0 amide bonds. The maximum atomic E-state index is 5.48. The van der Waals surface area contributed by atoms with Gasteiger partial charge in [-0.2, -0.15) is 0 Å². The van der Waals surface area contributed by atoms with E-state index in [0.717, 1.165) is 10.6 Å². The first-order chi connectivity index (χ1) is 8.47. The van der Waals surface area contributed by atoms with Crippen molar-refractivity contribution in [3.63, 3.8) is 0 Å². The van der Waals surface area contributed by atoms with Gasteiger partial charge in [-0.05, 0) is 23.8 Å². The maximum Gasteiger partial charge on any atom is 0.106 e. The average Bonchev–Trinajstić information content (AvgIpc) is 2.81. The van der Waals surface area contributed by atoms with Crippen LogP contribution in [0.2, 0.25) is 0 Å². The summed E-state index contributed by atoms with van der Waals surface area (Å²) in [5.74, 6) is 0. The van der Waals surface area contributed by atoms with Gasteiger partial charge in [0.05, 0.1) is 0 Å². The predicted octanol–water partition coefficient (Wildman–Crippen LogP) is 4.19. The van der Waals surface area contributed by atoms with Gasteiger partial charge in [-0.15, -0.1) is 0 Å². The molecule has 18 heavy (non-hydrogen) atoms. The molecular formula is C16H23NS. The topological polar surface area (TPSA) is 12.0 Å². The van der Waals surface area contributed by atoms with Crippen LogP contribution in [-0.4, -0.2) is 11.0 Å². The molecule has 0 aliphatic heterocycles. The molecule has 1 nitrogen and oxygen atoms in total. The average molecular weight is 261 g/mol. The van der Waals surface area contributed by atoms with Crippen molar-refractivity contribution in [2.45, 2.75) is 57.9 Å². The van der Waals surface area contributed by atoms with Crippen molar-refractivity contribution in [3.8, 4) is 0 Å². The molecule has 0 heterocycles. The zero-order chi connectivity index (χ0) is 13.2. The molecule has 1 N–H and O–H groups in total. The summed E-state index contributed by atoms with van der Waals surface area (Å²) < 4.78 is 0. The summed E-state index contributed by atoms with van der Waals surface area (Å²) in [5, 5.41) is 3.48. The summed E-state index contributed by atoms with van der Waals surface area (Å²) in [5.41, 5.74) is 2.71. The molecule has 1 aliphatic rings. The van der Waals surface area contributed by atoms with Crippen molar-refractivity contribution in [1.29, 1.82) is 0 Å². The predicted molar refractivity (Wildman–Crippen MR) is 82.2 cm³/mol. The first-order valence-corrected chi connectivity index (χ1v) is 7.29. The van der Waals surface area contributed by atoms with Gasteiger partial charge >= 0.3 is 0 Å².